The van der Waals surface area contributed by atoms with Gasteiger partial charge in [0.2, 0.25) is 8.32 Å². The Hall–Kier alpha value is -0.863. The van der Waals surface area contributed by atoms with E-state index in [1.165, 1.54) is 5.19 Å². The van der Waals surface area contributed by atoms with E-state index in [9.17, 15) is 0 Å². The minimum absolute atomic E-state index is 0.305. The number of benzene rings is 1. The van der Waals surface area contributed by atoms with Gasteiger partial charge in [-0.1, -0.05) is 49.4 Å². The Kier molecular flexibility index (Phi) is 5.66. The molecule has 0 aromatic heterocycles. The van der Waals surface area contributed by atoms with E-state index in [1.807, 2.05) is 0 Å². The van der Waals surface area contributed by atoms with Gasteiger partial charge in [-0.2, -0.15) is 0 Å². The maximum Gasteiger partial charge on any atom is 0.218 e. The molecule has 0 radical (unpaired) electrons. The Balaban J connectivity index is 2.57. The van der Waals surface area contributed by atoms with Gasteiger partial charge < -0.3 is 4.43 Å². The molecule has 17 heavy (non-hydrogen) atoms. The van der Waals surface area contributed by atoms with E-state index >= 15 is 0 Å². The van der Waals surface area contributed by atoms with Crippen molar-refractivity contribution in [1.82, 2.24) is 0 Å². The van der Waals surface area contributed by atoms with Crippen LogP contribution in [0.3, 0.4) is 0 Å². The van der Waals surface area contributed by atoms with Crippen LogP contribution in [0.2, 0.25) is 13.1 Å². The summed E-state index contributed by atoms with van der Waals surface area (Å²) in [6.45, 7) is 8.85. The fourth-order valence-corrected chi connectivity index (χ4v) is 4.15. The first-order valence-corrected chi connectivity index (χ1v) is 9.35. The topological polar surface area (TPSA) is 9.23 Å². The third-order valence-corrected chi connectivity index (χ3v) is 5.55. The molecular weight excluding hydrogens is 224 g/mol. The summed E-state index contributed by atoms with van der Waals surface area (Å²) in [5.74, 6) is 0. The summed E-state index contributed by atoms with van der Waals surface area (Å²) in [5.41, 5.74) is 0. The summed E-state index contributed by atoms with van der Waals surface area (Å²) in [5, 5.41) is 1.37. The fourth-order valence-electron chi connectivity index (χ4n) is 1.91. The molecule has 0 spiro atoms. The van der Waals surface area contributed by atoms with E-state index < -0.39 is 8.32 Å². The molecule has 1 nitrogen and oxygen atoms in total. The summed E-state index contributed by atoms with van der Waals surface area (Å²) in [4.78, 5) is 0. The van der Waals surface area contributed by atoms with Crippen LogP contribution in [0.15, 0.2) is 42.5 Å². The van der Waals surface area contributed by atoms with Crippen LogP contribution in [0, 0.1) is 0 Å². The molecule has 0 heterocycles. The zero-order valence-electron chi connectivity index (χ0n) is 11.4. The first kappa shape index (κ1) is 14.2. The van der Waals surface area contributed by atoms with Crippen molar-refractivity contribution >= 4 is 13.5 Å². The highest BCUT2D eigenvalue weighted by atomic mass is 28.4. The Morgan fingerprint density at radius 2 is 1.82 bits per heavy atom. The normalized spacial score (nSPS) is 14.1. The molecule has 1 aromatic carbocycles. The summed E-state index contributed by atoms with van der Waals surface area (Å²) in [6.07, 6.45) is 6.85. The molecule has 94 valence electrons. The second-order valence-corrected chi connectivity index (χ2v) is 8.75. The van der Waals surface area contributed by atoms with Crippen molar-refractivity contribution in [1.29, 1.82) is 0 Å². The summed E-state index contributed by atoms with van der Waals surface area (Å²) in [6, 6.07) is 10.6. The Bertz CT molecular complexity index is 343. The van der Waals surface area contributed by atoms with Gasteiger partial charge >= 0.3 is 0 Å². The first-order valence-electron chi connectivity index (χ1n) is 6.44. The zero-order chi connectivity index (χ0) is 12.7. The second kappa shape index (κ2) is 6.77. The lowest BCUT2D eigenvalue weighted by Gasteiger charge is -2.27. The number of allylic oxidation sites excluding steroid dienone is 1. The van der Waals surface area contributed by atoms with Gasteiger partial charge in [-0.25, -0.2) is 0 Å². The van der Waals surface area contributed by atoms with E-state index in [2.05, 4.69) is 69.4 Å². The Labute approximate surface area is 107 Å². The van der Waals surface area contributed by atoms with E-state index in [4.69, 9.17) is 4.43 Å². The third kappa shape index (κ3) is 4.88. The van der Waals surface area contributed by atoms with Crippen LogP contribution in [0.1, 0.15) is 26.7 Å². The molecule has 0 saturated carbocycles. The van der Waals surface area contributed by atoms with Crippen molar-refractivity contribution in [3.8, 4) is 0 Å². The van der Waals surface area contributed by atoms with Crippen LogP contribution in [0.5, 0.6) is 0 Å². The van der Waals surface area contributed by atoms with Crippen molar-refractivity contribution < 1.29 is 4.43 Å². The highest BCUT2D eigenvalue weighted by Crippen LogP contribution is 2.11. The smallest absolute Gasteiger partial charge is 0.218 e. The molecule has 0 fully saturated rings. The SMILES string of the molecule is CC/C=C\CC(C)O[Si](C)(C)c1ccccc1. The molecule has 0 aliphatic rings. The van der Waals surface area contributed by atoms with Crippen LogP contribution >= 0.6 is 0 Å². The molecule has 0 aliphatic heterocycles. The predicted molar refractivity (Wildman–Crippen MR) is 78.2 cm³/mol. The highest BCUT2D eigenvalue weighted by Gasteiger charge is 2.26. The number of hydrogen-bond donors (Lipinski definition) is 0. The second-order valence-electron chi connectivity index (χ2n) is 4.92. The summed E-state index contributed by atoms with van der Waals surface area (Å²) < 4.78 is 6.26. The van der Waals surface area contributed by atoms with E-state index in [0.717, 1.165) is 12.8 Å². The number of rotatable bonds is 6. The van der Waals surface area contributed by atoms with Crippen molar-refractivity contribution in [2.45, 2.75) is 45.9 Å². The third-order valence-electron chi connectivity index (χ3n) is 2.84. The van der Waals surface area contributed by atoms with Gasteiger partial charge in [0, 0.05) is 6.10 Å². The van der Waals surface area contributed by atoms with Crippen LogP contribution < -0.4 is 5.19 Å². The maximum atomic E-state index is 6.26. The van der Waals surface area contributed by atoms with E-state index in [-0.39, 0.29) is 0 Å². The largest absolute Gasteiger partial charge is 0.410 e. The molecule has 0 N–H and O–H groups in total. The molecule has 2 heteroatoms. The molecular formula is C15H24OSi. The van der Waals surface area contributed by atoms with Crippen molar-refractivity contribution in [3.63, 3.8) is 0 Å². The molecule has 0 saturated heterocycles. The lowest BCUT2D eigenvalue weighted by Crippen LogP contribution is -2.46. The molecule has 0 aliphatic carbocycles. The van der Waals surface area contributed by atoms with Gasteiger partial charge in [-0.15, -0.1) is 0 Å². The van der Waals surface area contributed by atoms with Gasteiger partial charge in [0.15, 0.2) is 0 Å². The van der Waals surface area contributed by atoms with Crippen LogP contribution in [0.25, 0.3) is 0 Å². The van der Waals surface area contributed by atoms with Gasteiger partial charge in [-0.3, -0.25) is 0 Å². The average Bonchev–Trinajstić information content (AvgIpc) is 2.30. The standard InChI is InChI=1S/C15H24OSi/c1-5-6-8-11-14(2)16-17(3,4)15-12-9-7-10-13-15/h6-10,12-14H,5,11H2,1-4H3/b8-6-. The van der Waals surface area contributed by atoms with Gasteiger partial charge in [0.05, 0.1) is 0 Å². The molecule has 1 atom stereocenters. The van der Waals surface area contributed by atoms with Gasteiger partial charge in [0.25, 0.3) is 0 Å². The minimum Gasteiger partial charge on any atom is -0.410 e. The summed E-state index contributed by atoms with van der Waals surface area (Å²) >= 11 is 0. The van der Waals surface area contributed by atoms with Crippen LogP contribution in [0.4, 0.5) is 0 Å². The lowest BCUT2D eigenvalue weighted by molar-refractivity contribution is 0.221. The first-order chi connectivity index (χ1) is 8.06. The Morgan fingerprint density at radius 3 is 2.41 bits per heavy atom. The lowest BCUT2D eigenvalue weighted by atomic mass is 10.2. The minimum atomic E-state index is -1.74. The van der Waals surface area contributed by atoms with Crippen molar-refractivity contribution in [2.24, 2.45) is 0 Å². The van der Waals surface area contributed by atoms with Gasteiger partial charge in [0.1, 0.15) is 0 Å². The van der Waals surface area contributed by atoms with Crippen LogP contribution in [-0.4, -0.2) is 14.4 Å². The molecule has 1 rings (SSSR count). The summed E-state index contributed by atoms with van der Waals surface area (Å²) in [7, 11) is -1.74. The van der Waals surface area contributed by atoms with Crippen molar-refractivity contribution in [3.05, 3.63) is 42.5 Å². The van der Waals surface area contributed by atoms with Gasteiger partial charge in [-0.05, 0) is 38.0 Å². The monoisotopic (exact) mass is 248 g/mol. The van der Waals surface area contributed by atoms with E-state index in [1.54, 1.807) is 0 Å². The maximum absolute atomic E-state index is 6.26. The van der Waals surface area contributed by atoms with E-state index in [0.29, 0.717) is 6.10 Å². The molecule has 1 aromatic rings. The molecule has 0 bridgehead atoms. The number of hydrogen-bond acceptors (Lipinski definition) is 1. The van der Waals surface area contributed by atoms with Crippen molar-refractivity contribution in [2.75, 3.05) is 0 Å². The zero-order valence-corrected chi connectivity index (χ0v) is 12.4. The molecule has 0 amide bonds. The molecule has 1 unspecified atom stereocenters. The quantitative estimate of drug-likeness (QED) is 0.549. The van der Waals surface area contributed by atoms with Crippen LogP contribution in [-0.2, 0) is 4.43 Å². The highest BCUT2D eigenvalue weighted by molar-refractivity contribution is 6.84. The fraction of sp³-hybridized carbons (Fsp3) is 0.467. The Morgan fingerprint density at radius 1 is 1.18 bits per heavy atom. The predicted octanol–water partition coefficient (Wildman–Crippen LogP) is 3.86. The average molecular weight is 248 g/mol.